The molecule has 0 radical (unpaired) electrons. The Kier molecular flexibility index (Phi) is 10.7. The Balaban J connectivity index is 2.18. The minimum absolute atomic E-state index is 0.0216. The number of amides is 2. The van der Waals surface area contributed by atoms with E-state index in [0.29, 0.717) is 23.5 Å². The Morgan fingerprint density at radius 2 is 1.78 bits per heavy atom. The van der Waals surface area contributed by atoms with E-state index in [0.717, 1.165) is 6.26 Å². The molecule has 0 aromatic heterocycles. The van der Waals surface area contributed by atoms with E-state index in [4.69, 9.17) is 4.74 Å². The molecule has 0 spiro atoms. The minimum atomic E-state index is -3.62. The van der Waals surface area contributed by atoms with Crippen LogP contribution in [0.5, 0.6) is 5.75 Å². The van der Waals surface area contributed by atoms with Crippen LogP contribution in [0.15, 0.2) is 48.5 Å². The first-order valence-electron chi connectivity index (χ1n) is 11.9. The predicted molar refractivity (Wildman–Crippen MR) is 139 cm³/mol. The molecule has 8 nitrogen and oxygen atoms in total. The molecule has 1 atom stereocenters. The summed E-state index contributed by atoms with van der Waals surface area (Å²) in [6.07, 6.45) is 1.28. The summed E-state index contributed by atoms with van der Waals surface area (Å²) in [5.41, 5.74) is 0.720. The van der Waals surface area contributed by atoms with Gasteiger partial charge in [0.25, 0.3) is 0 Å². The molecule has 0 aliphatic carbocycles. The van der Waals surface area contributed by atoms with E-state index in [-0.39, 0.29) is 43.7 Å². The van der Waals surface area contributed by atoms with Crippen LogP contribution < -0.4 is 14.4 Å². The van der Waals surface area contributed by atoms with Gasteiger partial charge in [0.1, 0.15) is 17.6 Å². The van der Waals surface area contributed by atoms with E-state index in [9.17, 15) is 22.4 Å². The molecule has 1 N–H and O–H groups in total. The first kappa shape index (κ1) is 29.1. The zero-order chi connectivity index (χ0) is 26.9. The van der Waals surface area contributed by atoms with Gasteiger partial charge in [0.05, 0.1) is 19.1 Å². The minimum Gasteiger partial charge on any atom is -0.497 e. The monoisotopic (exact) mass is 521 g/mol. The van der Waals surface area contributed by atoms with Crippen LogP contribution in [-0.4, -0.2) is 57.6 Å². The van der Waals surface area contributed by atoms with Crippen molar-refractivity contribution in [1.29, 1.82) is 0 Å². The summed E-state index contributed by atoms with van der Waals surface area (Å²) >= 11 is 0. The van der Waals surface area contributed by atoms with Gasteiger partial charge in [0.15, 0.2) is 0 Å². The Labute approximate surface area is 213 Å². The van der Waals surface area contributed by atoms with Crippen molar-refractivity contribution in [2.75, 3.05) is 30.8 Å². The van der Waals surface area contributed by atoms with Crippen LogP contribution in [0.25, 0.3) is 0 Å². The lowest BCUT2D eigenvalue weighted by Crippen LogP contribution is -2.48. The van der Waals surface area contributed by atoms with Crippen molar-refractivity contribution in [1.82, 2.24) is 10.2 Å². The molecular weight excluding hydrogens is 485 g/mol. The van der Waals surface area contributed by atoms with Gasteiger partial charge in [-0.25, -0.2) is 12.8 Å². The van der Waals surface area contributed by atoms with Crippen molar-refractivity contribution in [2.45, 2.75) is 46.2 Å². The third-order valence-corrected chi connectivity index (χ3v) is 6.84. The lowest BCUT2D eigenvalue weighted by Gasteiger charge is -2.30. The summed E-state index contributed by atoms with van der Waals surface area (Å²) < 4.78 is 45.6. The zero-order valence-electron chi connectivity index (χ0n) is 21.5. The maximum Gasteiger partial charge on any atom is 0.242 e. The third kappa shape index (κ3) is 8.51. The second-order valence-electron chi connectivity index (χ2n) is 9.07. The standard InChI is InChI=1S/C26H36FN3O5S/c1-19(2)17-28-26(32)20(3)29(18-21-10-6-7-13-24(21)27)25(31)14-9-15-30(36(5,33)34)22-11-8-12-23(16-22)35-4/h6-8,10-13,16,19-20H,9,14-15,17-18H2,1-5H3,(H,28,32)/t20-/m1/s1. The Hall–Kier alpha value is -3.14. The molecular formula is C26H36FN3O5S. The van der Waals surface area contributed by atoms with Gasteiger partial charge < -0.3 is 15.0 Å². The number of benzene rings is 2. The first-order chi connectivity index (χ1) is 16.9. The van der Waals surface area contributed by atoms with Crippen molar-refractivity contribution >= 4 is 27.5 Å². The van der Waals surface area contributed by atoms with E-state index in [1.807, 2.05) is 13.8 Å². The number of hydrogen-bond acceptors (Lipinski definition) is 5. The number of methoxy groups -OCH3 is 1. The molecule has 2 rings (SSSR count). The summed E-state index contributed by atoms with van der Waals surface area (Å²) in [7, 11) is -2.13. The molecule has 0 aliphatic heterocycles. The quantitative estimate of drug-likeness (QED) is 0.435. The van der Waals surface area contributed by atoms with Crippen molar-refractivity contribution in [2.24, 2.45) is 5.92 Å². The number of carbonyl (C=O) groups excluding carboxylic acids is 2. The van der Waals surface area contributed by atoms with Gasteiger partial charge in [-0.2, -0.15) is 0 Å². The molecule has 2 aromatic carbocycles. The maximum absolute atomic E-state index is 14.3. The highest BCUT2D eigenvalue weighted by molar-refractivity contribution is 7.92. The number of sulfonamides is 1. The molecule has 0 fully saturated rings. The van der Waals surface area contributed by atoms with Gasteiger partial charge in [-0.1, -0.05) is 38.1 Å². The van der Waals surface area contributed by atoms with Crippen LogP contribution in [0.2, 0.25) is 0 Å². The molecule has 0 unspecified atom stereocenters. The zero-order valence-corrected chi connectivity index (χ0v) is 22.3. The molecule has 0 bridgehead atoms. The average molecular weight is 522 g/mol. The Bertz CT molecular complexity index is 1140. The van der Waals surface area contributed by atoms with Crippen LogP contribution in [0.4, 0.5) is 10.1 Å². The fraction of sp³-hybridized carbons (Fsp3) is 0.462. The normalized spacial score (nSPS) is 12.2. The number of rotatable bonds is 13. The lowest BCUT2D eigenvalue weighted by atomic mass is 10.1. The number of halogens is 1. The second kappa shape index (κ2) is 13.2. The third-order valence-electron chi connectivity index (χ3n) is 5.64. The number of carbonyl (C=O) groups is 2. The van der Waals surface area contributed by atoms with Crippen molar-refractivity contribution in [3.8, 4) is 5.75 Å². The van der Waals surface area contributed by atoms with Crippen LogP contribution in [0, 0.1) is 11.7 Å². The second-order valence-corrected chi connectivity index (χ2v) is 11.0. The van der Waals surface area contributed by atoms with Crippen LogP contribution in [0.3, 0.4) is 0 Å². The van der Waals surface area contributed by atoms with E-state index >= 15 is 0 Å². The van der Waals surface area contributed by atoms with Gasteiger partial charge in [-0.15, -0.1) is 0 Å². The van der Waals surface area contributed by atoms with E-state index in [1.54, 1.807) is 49.4 Å². The fourth-order valence-electron chi connectivity index (χ4n) is 3.61. The van der Waals surface area contributed by atoms with Crippen molar-refractivity contribution in [3.05, 3.63) is 59.9 Å². The summed E-state index contributed by atoms with van der Waals surface area (Å²) in [6, 6.07) is 11.9. The summed E-state index contributed by atoms with van der Waals surface area (Å²) in [6.45, 7) is 5.96. The number of ether oxygens (including phenoxy) is 1. The first-order valence-corrected chi connectivity index (χ1v) is 13.7. The molecule has 10 heteroatoms. The van der Waals surface area contributed by atoms with Crippen LogP contribution in [0.1, 0.15) is 39.2 Å². The van der Waals surface area contributed by atoms with Gasteiger partial charge in [-0.3, -0.25) is 13.9 Å². The highest BCUT2D eigenvalue weighted by Gasteiger charge is 2.27. The molecule has 0 aliphatic rings. The molecule has 2 amide bonds. The van der Waals surface area contributed by atoms with Gasteiger partial charge in [-0.05, 0) is 37.5 Å². The molecule has 0 saturated heterocycles. The Morgan fingerprint density at radius 3 is 2.39 bits per heavy atom. The number of nitrogens with one attached hydrogen (secondary N) is 1. The van der Waals surface area contributed by atoms with Gasteiger partial charge >= 0.3 is 0 Å². The number of anilines is 1. The SMILES string of the molecule is COc1cccc(N(CCCC(=O)N(Cc2ccccc2F)[C@H](C)C(=O)NCC(C)C)S(C)(=O)=O)c1. The van der Waals surface area contributed by atoms with Crippen LogP contribution >= 0.6 is 0 Å². The van der Waals surface area contributed by atoms with E-state index < -0.39 is 21.9 Å². The summed E-state index contributed by atoms with van der Waals surface area (Å²) in [4.78, 5) is 27.3. The van der Waals surface area contributed by atoms with Gasteiger partial charge in [0, 0.05) is 37.7 Å². The van der Waals surface area contributed by atoms with Crippen LogP contribution in [-0.2, 0) is 26.2 Å². The summed E-state index contributed by atoms with van der Waals surface area (Å²) in [5.74, 6) is -0.427. The lowest BCUT2D eigenvalue weighted by molar-refractivity contribution is -0.140. The largest absolute Gasteiger partial charge is 0.497 e. The maximum atomic E-state index is 14.3. The number of nitrogens with zero attached hydrogens (tertiary/aromatic N) is 2. The highest BCUT2D eigenvalue weighted by Crippen LogP contribution is 2.24. The van der Waals surface area contributed by atoms with E-state index in [1.165, 1.54) is 22.4 Å². The molecule has 2 aromatic rings. The summed E-state index contributed by atoms with van der Waals surface area (Å²) in [5, 5.41) is 2.82. The fourth-order valence-corrected chi connectivity index (χ4v) is 4.57. The highest BCUT2D eigenvalue weighted by atomic mass is 32.2. The average Bonchev–Trinajstić information content (AvgIpc) is 2.83. The number of hydrogen-bond donors (Lipinski definition) is 1. The molecule has 36 heavy (non-hydrogen) atoms. The molecule has 0 heterocycles. The topological polar surface area (TPSA) is 96.0 Å². The van der Waals surface area contributed by atoms with Crippen molar-refractivity contribution in [3.63, 3.8) is 0 Å². The van der Waals surface area contributed by atoms with E-state index in [2.05, 4.69) is 5.32 Å². The van der Waals surface area contributed by atoms with Crippen molar-refractivity contribution < 1.29 is 27.1 Å². The smallest absolute Gasteiger partial charge is 0.242 e. The predicted octanol–water partition coefficient (Wildman–Crippen LogP) is 3.57. The Morgan fingerprint density at radius 1 is 1.08 bits per heavy atom. The molecule has 198 valence electrons. The molecule has 0 saturated carbocycles. The van der Waals surface area contributed by atoms with Gasteiger partial charge in [0.2, 0.25) is 21.8 Å².